The van der Waals surface area contributed by atoms with Gasteiger partial charge >= 0.3 is 5.97 Å². The summed E-state index contributed by atoms with van der Waals surface area (Å²) in [4.78, 5) is 15.5. The maximum Gasteiger partial charge on any atom is 0.357 e. The number of aromatic nitrogens is 1. The molecule has 6 heteroatoms. The number of aromatic carboxylic acids is 1. The van der Waals surface area contributed by atoms with Crippen molar-refractivity contribution in [3.8, 4) is 0 Å². The summed E-state index contributed by atoms with van der Waals surface area (Å²) in [7, 11) is 0. The minimum atomic E-state index is -1.10. The van der Waals surface area contributed by atoms with Gasteiger partial charge in [0.15, 0.2) is 5.69 Å². The van der Waals surface area contributed by atoms with Gasteiger partial charge in [0.25, 0.3) is 6.01 Å². The SMILES string of the molecule is CC(Nc1nc(C(=O)O)co1)c1cccs1. The third-order valence-corrected chi connectivity index (χ3v) is 3.09. The Morgan fingerprint density at radius 3 is 3.06 bits per heavy atom. The van der Waals surface area contributed by atoms with Crippen molar-refractivity contribution >= 4 is 23.3 Å². The predicted molar refractivity (Wildman–Crippen MR) is 59.8 cm³/mol. The molecule has 2 aromatic heterocycles. The Hall–Kier alpha value is -1.82. The van der Waals surface area contributed by atoms with Crippen LogP contribution >= 0.6 is 11.3 Å². The first-order valence-electron chi connectivity index (χ1n) is 4.65. The molecule has 0 saturated heterocycles. The van der Waals surface area contributed by atoms with Crippen molar-refractivity contribution in [1.29, 1.82) is 0 Å². The van der Waals surface area contributed by atoms with E-state index in [9.17, 15) is 4.79 Å². The molecule has 1 unspecified atom stereocenters. The van der Waals surface area contributed by atoms with E-state index >= 15 is 0 Å². The molecule has 2 heterocycles. The third kappa shape index (κ3) is 2.22. The van der Waals surface area contributed by atoms with Crippen LogP contribution in [0.3, 0.4) is 0 Å². The lowest BCUT2D eigenvalue weighted by Gasteiger charge is -2.08. The summed E-state index contributed by atoms with van der Waals surface area (Å²) in [5, 5.41) is 13.6. The molecule has 16 heavy (non-hydrogen) atoms. The lowest BCUT2D eigenvalue weighted by molar-refractivity contribution is 0.0690. The molecule has 0 aliphatic rings. The fourth-order valence-corrected chi connectivity index (χ4v) is 1.97. The van der Waals surface area contributed by atoms with E-state index in [1.165, 1.54) is 0 Å². The number of hydrogen-bond acceptors (Lipinski definition) is 5. The van der Waals surface area contributed by atoms with Crippen LogP contribution in [-0.2, 0) is 0 Å². The van der Waals surface area contributed by atoms with Crippen molar-refractivity contribution < 1.29 is 14.3 Å². The molecular formula is C10H10N2O3S. The van der Waals surface area contributed by atoms with Crippen molar-refractivity contribution in [2.24, 2.45) is 0 Å². The molecule has 0 radical (unpaired) electrons. The van der Waals surface area contributed by atoms with Gasteiger partial charge in [-0.05, 0) is 18.4 Å². The van der Waals surface area contributed by atoms with E-state index in [1.54, 1.807) is 11.3 Å². The monoisotopic (exact) mass is 238 g/mol. The fraction of sp³-hybridized carbons (Fsp3) is 0.200. The van der Waals surface area contributed by atoms with Gasteiger partial charge in [-0.1, -0.05) is 6.07 Å². The van der Waals surface area contributed by atoms with E-state index in [1.807, 2.05) is 24.4 Å². The predicted octanol–water partition coefficient (Wildman–Crippen LogP) is 2.61. The zero-order chi connectivity index (χ0) is 11.5. The highest BCUT2D eigenvalue weighted by atomic mass is 32.1. The summed E-state index contributed by atoms with van der Waals surface area (Å²) >= 11 is 1.62. The second kappa shape index (κ2) is 4.36. The Kier molecular flexibility index (Phi) is 2.91. The maximum absolute atomic E-state index is 10.6. The lowest BCUT2D eigenvalue weighted by atomic mass is 10.3. The van der Waals surface area contributed by atoms with Crippen LogP contribution in [-0.4, -0.2) is 16.1 Å². The molecule has 2 N–H and O–H groups in total. The summed E-state index contributed by atoms with van der Waals surface area (Å²) in [6.45, 7) is 1.95. The van der Waals surface area contributed by atoms with Gasteiger partial charge in [0.1, 0.15) is 6.26 Å². The summed E-state index contributed by atoms with van der Waals surface area (Å²) in [6, 6.07) is 4.21. The van der Waals surface area contributed by atoms with E-state index in [2.05, 4.69) is 10.3 Å². The number of thiophene rings is 1. The van der Waals surface area contributed by atoms with Gasteiger partial charge in [0.2, 0.25) is 0 Å². The topological polar surface area (TPSA) is 75.4 Å². The van der Waals surface area contributed by atoms with Crippen molar-refractivity contribution in [2.75, 3.05) is 5.32 Å². The Bertz CT molecular complexity index is 478. The highest BCUT2D eigenvalue weighted by Crippen LogP contribution is 2.22. The van der Waals surface area contributed by atoms with Gasteiger partial charge in [-0.2, -0.15) is 4.98 Å². The molecule has 84 valence electrons. The molecule has 0 amide bonds. The molecule has 0 aromatic carbocycles. The molecule has 2 rings (SSSR count). The normalized spacial score (nSPS) is 12.3. The van der Waals surface area contributed by atoms with Gasteiger partial charge in [0, 0.05) is 4.88 Å². The van der Waals surface area contributed by atoms with Gasteiger partial charge in [-0.15, -0.1) is 11.3 Å². The summed E-state index contributed by atoms with van der Waals surface area (Å²) in [5.41, 5.74) is -0.0964. The van der Waals surface area contributed by atoms with Crippen molar-refractivity contribution in [1.82, 2.24) is 4.98 Å². The Morgan fingerprint density at radius 1 is 1.69 bits per heavy atom. The average molecular weight is 238 g/mol. The molecule has 0 bridgehead atoms. The van der Waals surface area contributed by atoms with E-state index in [0.29, 0.717) is 0 Å². The number of anilines is 1. The molecule has 1 atom stereocenters. The summed E-state index contributed by atoms with van der Waals surface area (Å²) < 4.78 is 5.00. The quantitative estimate of drug-likeness (QED) is 0.856. The van der Waals surface area contributed by atoms with Crippen LogP contribution in [0.15, 0.2) is 28.2 Å². The number of nitrogens with one attached hydrogen (secondary N) is 1. The van der Waals surface area contributed by atoms with Crippen LogP contribution in [0.1, 0.15) is 28.3 Å². The average Bonchev–Trinajstić information content (AvgIpc) is 2.87. The Balaban J connectivity index is 2.06. The van der Waals surface area contributed by atoms with E-state index in [0.717, 1.165) is 11.1 Å². The van der Waals surface area contributed by atoms with Crippen LogP contribution in [0.25, 0.3) is 0 Å². The first-order chi connectivity index (χ1) is 7.66. The molecule has 0 aliphatic heterocycles. The zero-order valence-corrected chi connectivity index (χ0v) is 9.32. The largest absolute Gasteiger partial charge is 0.476 e. The second-order valence-corrected chi connectivity index (χ2v) is 4.20. The van der Waals surface area contributed by atoms with Gasteiger partial charge in [-0.25, -0.2) is 4.79 Å². The van der Waals surface area contributed by atoms with Gasteiger partial charge in [0.05, 0.1) is 6.04 Å². The van der Waals surface area contributed by atoms with Crippen LogP contribution in [0.2, 0.25) is 0 Å². The number of oxazole rings is 1. The second-order valence-electron chi connectivity index (χ2n) is 3.22. The first kappa shape index (κ1) is 10.7. The standard InChI is InChI=1S/C10H10N2O3S/c1-6(8-3-2-4-16-8)11-10-12-7(5-15-10)9(13)14/h2-6H,1H3,(H,11,12)(H,13,14). The van der Waals surface area contributed by atoms with Crippen molar-refractivity contribution in [2.45, 2.75) is 13.0 Å². The smallest absolute Gasteiger partial charge is 0.357 e. The van der Waals surface area contributed by atoms with Crippen LogP contribution < -0.4 is 5.32 Å². The molecule has 0 aliphatic carbocycles. The molecule has 0 spiro atoms. The van der Waals surface area contributed by atoms with Crippen LogP contribution in [0, 0.1) is 0 Å². The molecule has 0 fully saturated rings. The van der Waals surface area contributed by atoms with E-state index in [-0.39, 0.29) is 17.8 Å². The van der Waals surface area contributed by atoms with Crippen LogP contribution in [0.4, 0.5) is 6.01 Å². The summed E-state index contributed by atoms with van der Waals surface area (Å²) in [5.74, 6) is -1.10. The number of carboxylic acids is 1. The van der Waals surface area contributed by atoms with E-state index < -0.39 is 5.97 Å². The zero-order valence-electron chi connectivity index (χ0n) is 8.51. The first-order valence-corrected chi connectivity index (χ1v) is 5.53. The molecular weight excluding hydrogens is 228 g/mol. The number of carboxylic acid groups (broad SMARTS) is 1. The maximum atomic E-state index is 10.6. The highest BCUT2D eigenvalue weighted by Gasteiger charge is 2.13. The van der Waals surface area contributed by atoms with Crippen molar-refractivity contribution in [3.63, 3.8) is 0 Å². The van der Waals surface area contributed by atoms with Crippen molar-refractivity contribution in [3.05, 3.63) is 34.3 Å². The third-order valence-electron chi connectivity index (χ3n) is 2.03. The molecule has 2 aromatic rings. The number of carbonyl (C=O) groups is 1. The Morgan fingerprint density at radius 2 is 2.50 bits per heavy atom. The Labute approximate surface area is 95.7 Å². The summed E-state index contributed by atoms with van der Waals surface area (Å²) in [6.07, 6.45) is 1.12. The van der Waals surface area contributed by atoms with Crippen LogP contribution in [0.5, 0.6) is 0 Å². The molecule has 5 nitrogen and oxygen atoms in total. The number of hydrogen-bond donors (Lipinski definition) is 2. The molecule has 0 saturated carbocycles. The fourth-order valence-electron chi connectivity index (χ4n) is 1.23. The minimum absolute atomic E-state index is 0.0419. The number of rotatable bonds is 4. The number of nitrogens with zero attached hydrogens (tertiary/aromatic N) is 1. The highest BCUT2D eigenvalue weighted by molar-refractivity contribution is 7.10. The van der Waals surface area contributed by atoms with Gasteiger partial charge < -0.3 is 14.8 Å². The minimum Gasteiger partial charge on any atom is -0.476 e. The van der Waals surface area contributed by atoms with E-state index in [4.69, 9.17) is 9.52 Å². The lowest BCUT2D eigenvalue weighted by Crippen LogP contribution is -2.05. The van der Waals surface area contributed by atoms with Gasteiger partial charge in [-0.3, -0.25) is 0 Å².